The Bertz CT molecular complexity index is 141. The lowest BCUT2D eigenvalue weighted by atomic mass is 10.2. The Balaban J connectivity index is 0. The van der Waals surface area contributed by atoms with Crippen LogP contribution < -0.4 is 0 Å². The number of carbonyl (C=O) groups excluding carboxylic acids is 2. The fourth-order valence-electron chi connectivity index (χ4n) is 0.629. The van der Waals surface area contributed by atoms with Crippen molar-refractivity contribution < 1.29 is 14.3 Å². The Morgan fingerprint density at radius 2 is 1.69 bits per heavy atom. The minimum absolute atomic E-state index is 0.0671. The monoisotopic (exact) mass is 188 g/mol. The molecular formula is C10H20O3. The molecule has 0 fully saturated rings. The number of Topliss-reactive ketones (excluding diaryl/α,β-unsaturated/α-hetero) is 2. The first-order valence-corrected chi connectivity index (χ1v) is 4.52. The van der Waals surface area contributed by atoms with Gasteiger partial charge in [-0.2, -0.15) is 0 Å². The topological polar surface area (TPSA) is 43.4 Å². The van der Waals surface area contributed by atoms with Crippen LogP contribution in [0.3, 0.4) is 0 Å². The lowest BCUT2D eigenvalue weighted by Crippen LogP contribution is -1.98. The molecule has 0 heterocycles. The Morgan fingerprint density at radius 3 is 1.77 bits per heavy atom. The van der Waals surface area contributed by atoms with Gasteiger partial charge in [0.2, 0.25) is 0 Å². The highest BCUT2D eigenvalue weighted by Gasteiger charge is 1.87. The molecule has 0 N–H and O–H groups in total. The number of ketones is 2. The van der Waals surface area contributed by atoms with Gasteiger partial charge < -0.3 is 9.53 Å². The number of unbranched alkanes of at least 4 members (excludes halogenated alkanes) is 1. The predicted molar refractivity (Wildman–Crippen MR) is 52.8 cm³/mol. The molecule has 0 saturated heterocycles. The van der Waals surface area contributed by atoms with Crippen LogP contribution in [0, 0.1) is 0 Å². The summed E-state index contributed by atoms with van der Waals surface area (Å²) in [6.45, 7) is 5.45. The van der Waals surface area contributed by atoms with Crippen molar-refractivity contribution in [2.75, 3.05) is 13.7 Å². The number of ether oxygens (including phenoxy) is 1. The summed E-state index contributed by atoms with van der Waals surface area (Å²) in [7, 11) is 1.50. The summed E-state index contributed by atoms with van der Waals surface area (Å²) in [5.74, 6) is 0.374. The lowest BCUT2D eigenvalue weighted by Gasteiger charge is -1.86. The summed E-state index contributed by atoms with van der Waals surface area (Å²) in [5.41, 5.74) is 0. The van der Waals surface area contributed by atoms with Gasteiger partial charge in [-0.3, -0.25) is 4.79 Å². The summed E-state index contributed by atoms with van der Waals surface area (Å²) in [5, 5.41) is 0. The normalized spacial score (nSPS) is 8.62. The molecule has 0 unspecified atom stereocenters. The number of hydrogen-bond donors (Lipinski definition) is 0. The predicted octanol–water partition coefficient (Wildman–Crippen LogP) is 1.99. The van der Waals surface area contributed by atoms with Gasteiger partial charge in [-0.25, -0.2) is 0 Å². The average molecular weight is 188 g/mol. The largest absolute Gasteiger partial charge is 0.377 e. The van der Waals surface area contributed by atoms with E-state index < -0.39 is 0 Å². The summed E-state index contributed by atoms with van der Waals surface area (Å²) in [6.07, 6.45) is 2.94. The zero-order valence-electron chi connectivity index (χ0n) is 9.05. The van der Waals surface area contributed by atoms with Gasteiger partial charge in [0.1, 0.15) is 12.4 Å². The first-order valence-electron chi connectivity index (χ1n) is 4.52. The molecule has 0 bridgehead atoms. The van der Waals surface area contributed by atoms with Gasteiger partial charge in [0.15, 0.2) is 5.78 Å². The molecule has 0 aromatic carbocycles. The molecule has 0 amide bonds. The zero-order valence-corrected chi connectivity index (χ0v) is 9.05. The highest BCUT2D eigenvalue weighted by molar-refractivity contribution is 5.76. The molecule has 78 valence electrons. The quantitative estimate of drug-likeness (QED) is 0.662. The summed E-state index contributed by atoms with van der Waals surface area (Å²) >= 11 is 0. The van der Waals surface area contributed by atoms with Crippen molar-refractivity contribution in [2.45, 2.75) is 40.0 Å². The molecule has 0 saturated carbocycles. The molecule has 0 atom stereocenters. The van der Waals surface area contributed by atoms with Crippen molar-refractivity contribution in [3.8, 4) is 0 Å². The van der Waals surface area contributed by atoms with Gasteiger partial charge in [0.05, 0.1) is 0 Å². The smallest absolute Gasteiger partial charge is 0.155 e. The third-order valence-corrected chi connectivity index (χ3v) is 1.23. The third kappa shape index (κ3) is 24.6. The molecule has 0 radical (unpaired) electrons. The van der Waals surface area contributed by atoms with E-state index in [9.17, 15) is 9.59 Å². The summed E-state index contributed by atoms with van der Waals surface area (Å²) < 4.78 is 4.45. The van der Waals surface area contributed by atoms with E-state index >= 15 is 0 Å². The molecule has 0 aliphatic carbocycles. The Kier molecular flexibility index (Phi) is 12.9. The van der Waals surface area contributed by atoms with Crippen LogP contribution in [-0.4, -0.2) is 25.3 Å². The Morgan fingerprint density at radius 1 is 1.15 bits per heavy atom. The lowest BCUT2D eigenvalue weighted by molar-refractivity contribution is -0.120. The SMILES string of the molecule is CCCCC(C)=O.COCC(C)=O. The zero-order chi connectivity index (χ0) is 10.7. The molecule has 0 aromatic heterocycles. The Labute approximate surface area is 80.5 Å². The maximum Gasteiger partial charge on any atom is 0.155 e. The molecule has 0 spiro atoms. The number of carbonyl (C=O) groups is 2. The number of methoxy groups -OCH3 is 1. The van der Waals surface area contributed by atoms with Crippen LogP contribution >= 0.6 is 0 Å². The fourth-order valence-corrected chi connectivity index (χ4v) is 0.629. The van der Waals surface area contributed by atoms with Crippen molar-refractivity contribution in [1.29, 1.82) is 0 Å². The second-order valence-electron chi connectivity index (χ2n) is 2.94. The van der Waals surface area contributed by atoms with E-state index in [0.717, 1.165) is 19.3 Å². The van der Waals surface area contributed by atoms with Crippen molar-refractivity contribution in [2.24, 2.45) is 0 Å². The van der Waals surface area contributed by atoms with E-state index in [4.69, 9.17) is 0 Å². The van der Waals surface area contributed by atoms with Crippen LogP contribution in [0.5, 0.6) is 0 Å². The maximum atomic E-state index is 10.2. The first-order chi connectivity index (χ1) is 6.04. The standard InChI is InChI=1S/C6H12O.C4H8O2/c1-3-4-5-6(2)7;1-4(5)3-6-2/h3-5H2,1-2H3;3H2,1-2H3. The molecule has 0 aliphatic rings. The van der Waals surface area contributed by atoms with Gasteiger partial charge in [0, 0.05) is 13.5 Å². The average Bonchev–Trinajstić information content (AvgIpc) is 2.01. The van der Waals surface area contributed by atoms with Gasteiger partial charge in [0.25, 0.3) is 0 Å². The molecule has 0 rings (SSSR count). The molecule has 0 aliphatic heterocycles. The first kappa shape index (κ1) is 14.8. The molecule has 13 heavy (non-hydrogen) atoms. The molecule has 3 heteroatoms. The minimum atomic E-state index is 0.0671. The number of hydrogen-bond acceptors (Lipinski definition) is 3. The van der Waals surface area contributed by atoms with Gasteiger partial charge in [-0.1, -0.05) is 13.3 Å². The van der Waals surface area contributed by atoms with Gasteiger partial charge in [-0.15, -0.1) is 0 Å². The van der Waals surface area contributed by atoms with Crippen molar-refractivity contribution in [3.05, 3.63) is 0 Å². The third-order valence-electron chi connectivity index (χ3n) is 1.23. The minimum Gasteiger partial charge on any atom is -0.377 e. The van der Waals surface area contributed by atoms with E-state index in [1.54, 1.807) is 6.92 Å². The van der Waals surface area contributed by atoms with Crippen molar-refractivity contribution in [1.82, 2.24) is 0 Å². The van der Waals surface area contributed by atoms with E-state index in [1.807, 2.05) is 0 Å². The van der Waals surface area contributed by atoms with Crippen LogP contribution in [0.15, 0.2) is 0 Å². The summed E-state index contributed by atoms with van der Waals surface area (Å²) in [6, 6.07) is 0. The highest BCUT2D eigenvalue weighted by Crippen LogP contribution is 1.92. The van der Waals surface area contributed by atoms with E-state index in [0.29, 0.717) is 5.78 Å². The van der Waals surface area contributed by atoms with Crippen LogP contribution in [0.1, 0.15) is 40.0 Å². The van der Waals surface area contributed by atoms with Gasteiger partial charge >= 0.3 is 0 Å². The second kappa shape index (κ2) is 11.3. The fraction of sp³-hybridized carbons (Fsp3) is 0.800. The molecular weight excluding hydrogens is 168 g/mol. The molecule has 3 nitrogen and oxygen atoms in total. The van der Waals surface area contributed by atoms with E-state index in [-0.39, 0.29) is 12.4 Å². The maximum absolute atomic E-state index is 10.2. The Hall–Kier alpha value is -0.700. The van der Waals surface area contributed by atoms with Crippen LogP contribution in [0.25, 0.3) is 0 Å². The molecule has 0 aromatic rings. The van der Waals surface area contributed by atoms with E-state index in [2.05, 4.69) is 11.7 Å². The highest BCUT2D eigenvalue weighted by atomic mass is 16.5. The van der Waals surface area contributed by atoms with Crippen LogP contribution in [-0.2, 0) is 14.3 Å². The van der Waals surface area contributed by atoms with Crippen molar-refractivity contribution >= 4 is 11.6 Å². The van der Waals surface area contributed by atoms with Crippen molar-refractivity contribution in [3.63, 3.8) is 0 Å². The second-order valence-corrected chi connectivity index (χ2v) is 2.94. The number of rotatable bonds is 5. The van der Waals surface area contributed by atoms with E-state index in [1.165, 1.54) is 14.0 Å². The van der Waals surface area contributed by atoms with Gasteiger partial charge in [-0.05, 0) is 20.3 Å². The van der Waals surface area contributed by atoms with Crippen LogP contribution in [0.4, 0.5) is 0 Å². The summed E-state index contributed by atoms with van der Waals surface area (Å²) in [4.78, 5) is 20.1. The van der Waals surface area contributed by atoms with Crippen LogP contribution in [0.2, 0.25) is 0 Å².